The number of aromatic nitrogens is 1. The molecule has 0 radical (unpaired) electrons. The molecule has 1 unspecified atom stereocenters. The molecule has 0 bridgehead atoms. The van der Waals surface area contributed by atoms with Crippen LogP contribution in [-0.2, 0) is 6.42 Å². The van der Waals surface area contributed by atoms with Crippen molar-refractivity contribution in [2.24, 2.45) is 0 Å². The SMILES string of the molecule is O=c1[nH]c(NCC2Cc3ccccc32)cc2ccccc12. The number of hydrogen-bond donors (Lipinski definition) is 2. The normalized spacial score (nSPS) is 16.3. The lowest BCUT2D eigenvalue weighted by molar-refractivity contribution is 0.634. The third-order valence-corrected chi connectivity index (χ3v) is 4.25. The van der Waals surface area contributed by atoms with Crippen LogP contribution in [0.3, 0.4) is 0 Å². The van der Waals surface area contributed by atoms with E-state index in [1.807, 2.05) is 30.3 Å². The number of hydrogen-bond acceptors (Lipinski definition) is 2. The van der Waals surface area contributed by atoms with Crippen LogP contribution in [0.5, 0.6) is 0 Å². The minimum Gasteiger partial charge on any atom is -0.371 e. The van der Waals surface area contributed by atoms with Crippen LogP contribution < -0.4 is 10.9 Å². The average Bonchev–Trinajstić information content (AvgIpc) is 2.48. The predicted molar refractivity (Wildman–Crippen MR) is 85.9 cm³/mol. The Morgan fingerprint density at radius 1 is 1.10 bits per heavy atom. The van der Waals surface area contributed by atoms with E-state index in [0.29, 0.717) is 5.92 Å². The van der Waals surface area contributed by atoms with Gasteiger partial charge in [-0.2, -0.15) is 0 Å². The topological polar surface area (TPSA) is 44.9 Å². The molecule has 1 heterocycles. The molecule has 0 saturated carbocycles. The molecule has 0 fully saturated rings. The van der Waals surface area contributed by atoms with Crippen LogP contribution in [0.15, 0.2) is 59.4 Å². The van der Waals surface area contributed by atoms with Gasteiger partial charge >= 0.3 is 0 Å². The molecule has 1 aliphatic carbocycles. The van der Waals surface area contributed by atoms with Gasteiger partial charge < -0.3 is 10.3 Å². The lowest BCUT2D eigenvalue weighted by atomic mass is 9.77. The van der Waals surface area contributed by atoms with Gasteiger partial charge in [0.05, 0.1) is 0 Å². The minimum absolute atomic E-state index is 0.0374. The van der Waals surface area contributed by atoms with Gasteiger partial charge in [-0.05, 0) is 35.1 Å². The van der Waals surface area contributed by atoms with E-state index in [1.54, 1.807) is 0 Å². The van der Waals surface area contributed by atoms with Gasteiger partial charge in [0.1, 0.15) is 5.82 Å². The number of anilines is 1. The molecule has 1 aromatic heterocycles. The van der Waals surface area contributed by atoms with Crippen LogP contribution in [-0.4, -0.2) is 11.5 Å². The summed E-state index contributed by atoms with van der Waals surface area (Å²) < 4.78 is 0. The van der Waals surface area contributed by atoms with Gasteiger partial charge in [-0.15, -0.1) is 0 Å². The zero-order chi connectivity index (χ0) is 14.2. The van der Waals surface area contributed by atoms with Crippen LogP contribution >= 0.6 is 0 Å². The predicted octanol–water partition coefficient (Wildman–Crippen LogP) is 3.28. The van der Waals surface area contributed by atoms with Crippen LogP contribution in [0.25, 0.3) is 10.8 Å². The molecule has 0 saturated heterocycles. The first-order chi connectivity index (χ1) is 10.3. The molecule has 4 rings (SSSR count). The quantitative estimate of drug-likeness (QED) is 0.771. The molecule has 1 aliphatic rings. The van der Waals surface area contributed by atoms with Gasteiger partial charge in [0.25, 0.3) is 5.56 Å². The van der Waals surface area contributed by atoms with Gasteiger partial charge in [-0.25, -0.2) is 0 Å². The highest BCUT2D eigenvalue weighted by Crippen LogP contribution is 2.34. The molecule has 0 aliphatic heterocycles. The Hall–Kier alpha value is -2.55. The maximum absolute atomic E-state index is 12.0. The third kappa shape index (κ3) is 2.11. The van der Waals surface area contributed by atoms with Crippen molar-refractivity contribution in [2.45, 2.75) is 12.3 Å². The average molecular weight is 276 g/mol. The molecule has 3 heteroatoms. The highest BCUT2D eigenvalue weighted by Gasteiger charge is 2.24. The summed E-state index contributed by atoms with van der Waals surface area (Å²) >= 11 is 0. The molecule has 2 aromatic carbocycles. The van der Waals surface area contributed by atoms with E-state index in [9.17, 15) is 4.79 Å². The molecule has 2 N–H and O–H groups in total. The summed E-state index contributed by atoms with van der Waals surface area (Å²) in [6.45, 7) is 0.852. The van der Waals surface area contributed by atoms with E-state index in [4.69, 9.17) is 0 Å². The van der Waals surface area contributed by atoms with Crippen molar-refractivity contribution in [1.82, 2.24) is 4.98 Å². The molecule has 0 amide bonds. The second kappa shape index (κ2) is 4.77. The van der Waals surface area contributed by atoms with Crippen molar-refractivity contribution >= 4 is 16.6 Å². The molecule has 3 nitrogen and oxygen atoms in total. The van der Waals surface area contributed by atoms with Gasteiger partial charge in [-0.1, -0.05) is 42.5 Å². The Labute approximate surface area is 122 Å². The van der Waals surface area contributed by atoms with Crippen LogP contribution in [0.4, 0.5) is 5.82 Å². The Bertz CT molecular complexity index is 866. The largest absolute Gasteiger partial charge is 0.371 e. The number of pyridine rings is 1. The first-order valence-corrected chi connectivity index (χ1v) is 7.25. The first-order valence-electron chi connectivity index (χ1n) is 7.25. The molecule has 104 valence electrons. The lowest BCUT2D eigenvalue weighted by Crippen LogP contribution is -2.25. The minimum atomic E-state index is -0.0374. The summed E-state index contributed by atoms with van der Waals surface area (Å²) in [5.74, 6) is 1.33. The zero-order valence-electron chi connectivity index (χ0n) is 11.6. The van der Waals surface area contributed by atoms with E-state index < -0.39 is 0 Å². The summed E-state index contributed by atoms with van der Waals surface area (Å²) in [5.41, 5.74) is 2.83. The van der Waals surface area contributed by atoms with Crippen molar-refractivity contribution in [3.05, 3.63) is 76.1 Å². The number of rotatable bonds is 3. The Balaban J connectivity index is 1.55. The van der Waals surface area contributed by atoms with Crippen molar-refractivity contribution in [1.29, 1.82) is 0 Å². The monoisotopic (exact) mass is 276 g/mol. The fourth-order valence-corrected chi connectivity index (χ4v) is 3.08. The molecule has 21 heavy (non-hydrogen) atoms. The fraction of sp³-hybridized carbons (Fsp3) is 0.167. The maximum Gasteiger partial charge on any atom is 0.257 e. The standard InChI is InChI=1S/C18H16N2O/c21-18-16-8-4-2-6-13(16)10-17(20-18)19-11-14-9-12-5-1-3-7-15(12)14/h1-8,10,14H,9,11H2,(H2,19,20,21). The summed E-state index contributed by atoms with van der Waals surface area (Å²) in [5, 5.41) is 5.07. The van der Waals surface area contributed by atoms with Gasteiger partial charge in [0, 0.05) is 17.8 Å². The first kappa shape index (κ1) is 12.2. The van der Waals surface area contributed by atoms with Crippen LogP contribution in [0.2, 0.25) is 0 Å². The maximum atomic E-state index is 12.0. The Morgan fingerprint density at radius 3 is 2.81 bits per heavy atom. The Morgan fingerprint density at radius 2 is 1.90 bits per heavy atom. The van der Waals surface area contributed by atoms with E-state index in [-0.39, 0.29) is 5.56 Å². The Kier molecular flexibility index (Phi) is 2.78. The molecular formula is C18H16N2O. The summed E-state index contributed by atoms with van der Waals surface area (Å²) in [6.07, 6.45) is 1.11. The van der Waals surface area contributed by atoms with Crippen molar-refractivity contribution in [3.63, 3.8) is 0 Å². The molecule has 3 aromatic rings. The summed E-state index contributed by atoms with van der Waals surface area (Å²) in [6, 6.07) is 18.2. The number of fused-ring (bicyclic) bond motifs is 2. The lowest BCUT2D eigenvalue weighted by Gasteiger charge is -2.30. The zero-order valence-corrected chi connectivity index (χ0v) is 11.6. The smallest absolute Gasteiger partial charge is 0.257 e. The fourth-order valence-electron chi connectivity index (χ4n) is 3.08. The highest BCUT2D eigenvalue weighted by molar-refractivity contribution is 5.83. The highest BCUT2D eigenvalue weighted by atomic mass is 16.1. The molecular weight excluding hydrogens is 260 g/mol. The van der Waals surface area contributed by atoms with Crippen LogP contribution in [0, 0.1) is 0 Å². The van der Waals surface area contributed by atoms with Crippen molar-refractivity contribution in [3.8, 4) is 0 Å². The summed E-state index contributed by atoms with van der Waals surface area (Å²) in [7, 11) is 0. The van der Waals surface area contributed by atoms with Crippen LogP contribution in [0.1, 0.15) is 17.0 Å². The van der Waals surface area contributed by atoms with E-state index >= 15 is 0 Å². The van der Waals surface area contributed by atoms with Crippen molar-refractivity contribution in [2.75, 3.05) is 11.9 Å². The summed E-state index contributed by atoms with van der Waals surface area (Å²) in [4.78, 5) is 14.9. The van der Waals surface area contributed by atoms with E-state index in [2.05, 4.69) is 34.6 Å². The van der Waals surface area contributed by atoms with Gasteiger partial charge in [-0.3, -0.25) is 4.79 Å². The second-order valence-electron chi connectivity index (χ2n) is 5.58. The second-order valence-corrected chi connectivity index (χ2v) is 5.58. The molecule has 0 spiro atoms. The van der Waals surface area contributed by atoms with Crippen molar-refractivity contribution < 1.29 is 0 Å². The van der Waals surface area contributed by atoms with Gasteiger partial charge in [0.2, 0.25) is 0 Å². The number of H-pyrrole nitrogens is 1. The van der Waals surface area contributed by atoms with Gasteiger partial charge in [0.15, 0.2) is 0 Å². The number of nitrogens with one attached hydrogen (secondary N) is 2. The van der Waals surface area contributed by atoms with E-state index in [1.165, 1.54) is 11.1 Å². The third-order valence-electron chi connectivity index (χ3n) is 4.25. The van der Waals surface area contributed by atoms with E-state index in [0.717, 1.165) is 29.6 Å². The number of aromatic amines is 1. The molecule has 1 atom stereocenters. The number of benzene rings is 2.